The van der Waals surface area contributed by atoms with Gasteiger partial charge in [-0.05, 0) is 23.8 Å². The SMILES string of the molecule is CN=C(NCc1ccc(S(N)(=O)=O)cc1)NCc1cc2c(cc1OC(F)F)OCO2. The van der Waals surface area contributed by atoms with Crippen LogP contribution in [0.5, 0.6) is 17.2 Å². The summed E-state index contributed by atoms with van der Waals surface area (Å²) in [6, 6.07) is 8.96. The van der Waals surface area contributed by atoms with Crippen LogP contribution in [-0.4, -0.2) is 34.8 Å². The molecule has 2 aromatic rings. The van der Waals surface area contributed by atoms with Crippen molar-refractivity contribution in [3.63, 3.8) is 0 Å². The summed E-state index contributed by atoms with van der Waals surface area (Å²) in [5.41, 5.74) is 1.22. The standard InChI is InChI=1S/C18H20F2N4O5S/c1-22-18(23-8-11-2-4-13(5-3-11)30(21,25)26)24-9-12-6-15-16(28-10-27-15)7-14(12)29-17(19)20/h2-7,17H,8-10H2,1H3,(H2,21,25,26)(H2,22,23,24). The monoisotopic (exact) mass is 442 g/mol. The van der Waals surface area contributed by atoms with Gasteiger partial charge >= 0.3 is 6.61 Å². The van der Waals surface area contributed by atoms with E-state index in [1.54, 1.807) is 25.2 Å². The predicted octanol–water partition coefficient (Wildman–Crippen LogP) is 1.53. The topological polar surface area (TPSA) is 124 Å². The molecule has 162 valence electrons. The summed E-state index contributed by atoms with van der Waals surface area (Å²) < 4.78 is 63.1. The van der Waals surface area contributed by atoms with Gasteiger partial charge in [-0.3, -0.25) is 4.99 Å². The summed E-state index contributed by atoms with van der Waals surface area (Å²) in [7, 11) is -2.20. The molecule has 0 bridgehead atoms. The molecule has 0 saturated heterocycles. The van der Waals surface area contributed by atoms with Crippen LogP contribution in [0.4, 0.5) is 8.78 Å². The average Bonchev–Trinajstić information content (AvgIpc) is 3.14. The Balaban J connectivity index is 1.63. The van der Waals surface area contributed by atoms with Gasteiger partial charge in [0.15, 0.2) is 17.5 Å². The Morgan fingerprint density at radius 2 is 1.80 bits per heavy atom. The van der Waals surface area contributed by atoms with Crippen LogP contribution in [0.1, 0.15) is 11.1 Å². The normalized spacial score (nSPS) is 13.4. The second-order valence-electron chi connectivity index (χ2n) is 6.16. The highest BCUT2D eigenvalue weighted by Crippen LogP contribution is 2.38. The summed E-state index contributed by atoms with van der Waals surface area (Å²) in [6.07, 6.45) is 0. The van der Waals surface area contributed by atoms with E-state index in [1.165, 1.54) is 18.2 Å². The van der Waals surface area contributed by atoms with Crippen LogP contribution >= 0.6 is 0 Å². The first kappa shape index (κ1) is 21.6. The van der Waals surface area contributed by atoms with E-state index in [9.17, 15) is 17.2 Å². The van der Waals surface area contributed by atoms with Crippen LogP contribution in [-0.2, 0) is 23.1 Å². The van der Waals surface area contributed by atoms with Crippen LogP contribution in [0.2, 0.25) is 0 Å². The van der Waals surface area contributed by atoms with Gasteiger partial charge < -0.3 is 24.8 Å². The fourth-order valence-corrected chi connectivity index (χ4v) is 3.21. The van der Waals surface area contributed by atoms with E-state index in [4.69, 9.17) is 14.6 Å². The number of halogens is 2. The lowest BCUT2D eigenvalue weighted by Gasteiger charge is -2.15. The molecule has 4 N–H and O–H groups in total. The van der Waals surface area contributed by atoms with E-state index < -0.39 is 16.6 Å². The number of ether oxygens (including phenoxy) is 3. The molecule has 9 nitrogen and oxygen atoms in total. The second-order valence-corrected chi connectivity index (χ2v) is 7.72. The summed E-state index contributed by atoms with van der Waals surface area (Å²) in [5.74, 6) is 1.13. The third-order valence-corrected chi connectivity index (χ3v) is 5.08. The molecule has 1 aliphatic heterocycles. The minimum atomic E-state index is -3.75. The molecule has 0 saturated carbocycles. The number of hydrogen-bond acceptors (Lipinski definition) is 6. The van der Waals surface area contributed by atoms with Crippen LogP contribution in [0.25, 0.3) is 0 Å². The maximum Gasteiger partial charge on any atom is 0.387 e. The van der Waals surface area contributed by atoms with Gasteiger partial charge in [0.25, 0.3) is 0 Å². The zero-order valence-electron chi connectivity index (χ0n) is 15.9. The Bertz CT molecular complexity index is 1030. The molecule has 0 atom stereocenters. The Hall–Kier alpha value is -3.12. The number of hydrogen-bond donors (Lipinski definition) is 3. The highest BCUT2D eigenvalue weighted by Gasteiger charge is 2.20. The number of nitrogens with two attached hydrogens (primary N) is 1. The largest absolute Gasteiger partial charge is 0.454 e. The zero-order valence-corrected chi connectivity index (χ0v) is 16.7. The molecule has 2 aromatic carbocycles. The fraction of sp³-hybridized carbons (Fsp3) is 0.278. The van der Waals surface area contributed by atoms with Crippen molar-refractivity contribution < 1.29 is 31.4 Å². The first-order valence-corrected chi connectivity index (χ1v) is 10.2. The molecular weight excluding hydrogens is 422 g/mol. The third kappa shape index (κ3) is 5.48. The zero-order chi connectivity index (χ0) is 21.7. The van der Waals surface area contributed by atoms with Crippen LogP contribution in [0.3, 0.4) is 0 Å². The molecule has 1 heterocycles. The minimum Gasteiger partial charge on any atom is -0.454 e. The number of guanidine groups is 1. The molecule has 0 aromatic heterocycles. The highest BCUT2D eigenvalue weighted by molar-refractivity contribution is 7.89. The molecule has 1 aliphatic rings. The number of primary sulfonamides is 1. The van der Waals surface area contributed by atoms with Gasteiger partial charge in [0, 0.05) is 31.8 Å². The van der Waals surface area contributed by atoms with Crippen molar-refractivity contribution in [2.75, 3.05) is 13.8 Å². The lowest BCUT2D eigenvalue weighted by Crippen LogP contribution is -2.36. The van der Waals surface area contributed by atoms with Crippen LogP contribution in [0.15, 0.2) is 46.3 Å². The van der Waals surface area contributed by atoms with E-state index in [0.29, 0.717) is 29.6 Å². The summed E-state index contributed by atoms with van der Waals surface area (Å²) in [4.78, 5) is 4.09. The van der Waals surface area contributed by atoms with Crippen molar-refractivity contribution in [3.05, 3.63) is 47.5 Å². The molecule has 30 heavy (non-hydrogen) atoms. The van der Waals surface area contributed by atoms with Crippen molar-refractivity contribution >= 4 is 16.0 Å². The van der Waals surface area contributed by atoms with Gasteiger partial charge in [-0.2, -0.15) is 8.78 Å². The van der Waals surface area contributed by atoms with Crippen LogP contribution < -0.4 is 30.0 Å². The molecule has 0 spiro atoms. The molecule has 0 amide bonds. The first-order valence-electron chi connectivity index (χ1n) is 8.70. The predicted molar refractivity (Wildman–Crippen MR) is 104 cm³/mol. The van der Waals surface area contributed by atoms with Gasteiger partial charge in [0.2, 0.25) is 16.8 Å². The van der Waals surface area contributed by atoms with Crippen molar-refractivity contribution in [1.82, 2.24) is 10.6 Å². The smallest absolute Gasteiger partial charge is 0.387 e. The molecule has 3 rings (SSSR count). The summed E-state index contributed by atoms with van der Waals surface area (Å²) in [5, 5.41) is 11.1. The van der Waals surface area contributed by atoms with Gasteiger partial charge in [-0.25, -0.2) is 13.6 Å². The molecule has 0 radical (unpaired) electrons. The quantitative estimate of drug-likeness (QED) is 0.439. The van der Waals surface area contributed by atoms with Crippen molar-refractivity contribution in [2.45, 2.75) is 24.6 Å². The first-order chi connectivity index (χ1) is 14.3. The van der Waals surface area contributed by atoms with Gasteiger partial charge in [0.1, 0.15) is 5.75 Å². The van der Waals surface area contributed by atoms with Gasteiger partial charge in [-0.1, -0.05) is 12.1 Å². The van der Waals surface area contributed by atoms with Crippen LogP contribution in [0, 0.1) is 0 Å². The van der Waals surface area contributed by atoms with Crippen molar-refractivity contribution in [3.8, 4) is 17.2 Å². The molecule has 0 aliphatic carbocycles. The molecule has 0 unspecified atom stereocenters. The fourth-order valence-electron chi connectivity index (χ4n) is 2.69. The van der Waals surface area contributed by atoms with Crippen molar-refractivity contribution in [1.29, 1.82) is 0 Å². The molecular formula is C18H20F2N4O5S. The Morgan fingerprint density at radius 1 is 1.17 bits per heavy atom. The molecule has 0 fully saturated rings. The Labute approximate surface area is 171 Å². The lowest BCUT2D eigenvalue weighted by molar-refractivity contribution is -0.0505. The second kappa shape index (κ2) is 9.13. The Kier molecular flexibility index (Phi) is 6.57. The number of nitrogens with zero attached hydrogens (tertiary/aromatic N) is 1. The molecule has 12 heteroatoms. The van der Waals surface area contributed by atoms with E-state index in [1.807, 2.05) is 0 Å². The number of fused-ring (bicyclic) bond motifs is 1. The van der Waals surface area contributed by atoms with Crippen molar-refractivity contribution in [2.24, 2.45) is 10.1 Å². The maximum atomic E-state index is 12.7. The van der Waals surface area contributed by atoms with Gasteiger partial charge in [-0.15, -0.1) is 0 Å². The number of aliphatic imine (C=N–C) groups is 1. The number of nitrogens with one attached hydrogen (secondary N) is 2. The third-order valence-electron chi connectivity index (χ3n) is 4.15. The minimum absolute atomic E-state index is 0.00774. The lowest BCUT2D eigenvalue weighted by atomic mass is 10.1. The van der Waals surface area contributed by atoms with E-state index >= 15 is 0 Å². The number of sulfonamides is 1. The van der Waals surface area contributed by atoms with E-state index in [0.717, 1.165) is 5.56 Å². The number of alkyl halides is 2. The average molecular weight is 442 g/mol. The summed E-state index contributed by atoms with van der Waals surface area (Å²) >= 11 is 0. The van der Waals surface area contributed by atoms with E-state index in [-0.39, 0.29) is 24.0 Å². The van der Waals surface area contributed by atoms with Gasteiger partial charge in [0.05, 0.1) is 4.90 Å². The maximum absolute atomic E-state index is 12.7. The summed E-state index contributed by atoms with van der Waals surface area (Å²) in [6.45, 7) is -2.51. The number of rotatable bonds is 7. The highest BCUT2D eigenvalue weighted by atomic mass is 32.2. The van der Waals surface area contributed by atoms with E-state index in [2.05, 4.69) is 20.4 Å². The number of benzene rings is 2. The Morgan fingerprint density at radius 3 is 2.40 bits per heavy atom.